The second-order valence-corrected chi connectivity index (χ2v) is 13.7. The highest BCUT2D eigenvalue weighted by Crippen LogP contribution is 2.20. The molecule has 0 spiro atoms. The lowest BCUT2D eigenvalue weighted by Crippen LogP contribution is -2.19. The van der Waals surface area contributed by atoms with Crippen LogP contribution in [0.4, 0.5) is 0 Å². The normalized spacial score (nSPS) is 12.1. The van der Waals surface area contributed by atoms with E-state index < -0.39 is 0 Å². The molecule has 0 bridgehead atoms. The van der Waals surface area contributed by atoms with Crippen molar-refractivity contribution in [3.05, 3.63) is 41.0 Å². The van der Waals surface area contributed by atoms with E-state index in [1.165, 1.54) is 151 Å². The van der Waals surface area contributed by atoms with Gasteiger partial charge in [-0.3, -0.25) is 0 Å². The van der Waals surface area contributed by atoms with E-state index in [0.717, 1.165) is 28.2 Å². The summed E-state index contributed by atoms with van der Waals surface area (Å²) in [5.74, 6) is 0. The van der Waals surface area contributed by atoms with Gasteiger partial charge in [0, 0.05) is 13.2 Å². The van der Waals surface area contributed by atoms with Crippen LogP contribution in [0.25, 0.3) is 0 Å². The van der Waals surface area contributed by atoms with E-state index in [1.54, 1.807) is 5.30 Å². The molecule has 0 aliphatic heterocycles. The molecule has 238 valence electrons. The zero-order valence-electron chi connectivity index (χ0n) is 28.2. The quantitative estimate of drug-likeness (QED) is 0.0401. The molecule has 1 atom stereocenters. The molecule has 2 nitrogen and oxygen atoms in total. The topological polar surface area (TPSA) is 18.5 Å². The molecule has 0 radical (unpaired) electrons. The van der Waals surface area contributed by atoms with Crippen LogP contribution in [0, 0.1) is 20.8 Å². The number of benzene rings is 1. The van der Waals surface area contributed by atoms with Gasteiger partial charge in [0.05, 0.1) is 0 Å². The van der Waals surface area contributed by atoms with Crippen molar-refractivity contribution in [3.8, 4) is 0 Å². The highest BCUT2D eigenvalue weighted by molar-refractivity contribution is 7.47. The SMILES string of the molecule is CCCCCCCCCOC(CCCCCC=CCCCPc1ccc(C)c(C)c1C)OCCCCCCCCC. The van der Waals surface area contributed by atoms with Crippen LogP contribution in [-0.2, 0) is 9.47 Å². The fourth-order valence-electron chi connectivity index (χ4n) is 5.34. The molecule has 0 amide bonds. The van der Waals surface area contributed by atoms with Crippen molar-refractivity contribution in [1.29, 1.82) is 0 Å². The summed E-state index contributed by atoms with van der Waals surface area (Å²) in [6, 6.07) is 4.63. The molecule has 3 heteroatoms. The van der Waals surface area contributed by atoms with Crippen LogP contribution in [0.15, 0.2) is 24.3 Å². The van der Waals surface area contributed by atoms with Crippen LogP contribution in [0.1, 0.15) is 165 Å². The Labute approximate surface area is 259 Å². The molecule has 0 aromatic heterocycles. The second-order valence-electron chi connectivity index (χ2n) is 12.3. The van der Waals surface area contributed by atoms with E-state index in [-0.39, 0.29) is 6.29 Å². The molecule has 0 saturated carbocycles. The van der Waals surface area contributed by atoms with Crippen LogP contribution >= 0.6 is 8.58 Å². The van der Waals surface area contributed by atoms with Crippen molar-refractivity contribution in [3.63, 3.8) is 0 Å². The fraction of sp³-hybridized carbons (Fsp3) is 0.789. The van der Waals surface area contributed by atoms with E-state index in [1.807, 2.05) is 0 Å². The van der Waals surface area contributed by atoms with E-state index in [4.69, 9.17) is 9.47 Å². The number of unbranched alkanes of at least 4 members (excludes halogenated alkanes) is 16. The van der Waals surface area contributed by atoms with Gasteiger partial charge < -0.3 is 9.47 Å². The van der Waals surface area contributed by atoms with Gasteiger partial charge >= 0.3 is 0 Å². The van der Waals surface area contributed by atoms with Crippen molar-refractivity contribution < 1.29 is 9.47 Å². The maximum Gasteiger partial charge on any atom is 0.157 e. The van der Waals surface area contributed by atoms with Crippen molar-refractivity contribution in [1.82, 2.24) is 0 Å². The molecule has 1 unspecified atom stereocenters. The smallest absolute Gasteiger partial charge is 0.157 e. The Balaban J connectivity index is 2.15. The van der Waals surface area contributed by atoms with Gasteiger partial charge in [-0.2, -0.15) is 0 Å². The Bertz CT molecular complexity index is 724. The van der Waals surface area contributed by atoms with E-state index in [2.05, 4.69) is 58.9 Å². The molecule has 0 saturated heterocycles. The lowest BCUT2D eigenvalue weighted by Gasteiger charge is -2.19. The molecular formula is C38H69O2P. The van der Waals surface area contributed by atoms with E-state index in [0.29, 0.717) is 0 Å². The maximum absolute atomic E-state index is 6.23. The molecule has 0 N–H and O–H groups in total. The van der Waals surface area contributed by atoms with Gasteiger partial charge in [-0.25, -0.2) is 0 Å². The molecule has 0 heterocycles. The van der Waals surface area contributed by atoms with Crippen molar-refractivity contribution in [2.75, 3.05) is 19.4 Å². The predicted molar refractivity (Wildman–Crippen MR) is 187 cm³/mol. The molecule has 1 rings (SSSR count). The first-order valence-electron chi connectivity index (χ1n) is 17.8. The Morgan fingerprint density at radius 3 is 1.68 bits per heavy atom. The average Bonchev–Trinajstić information content (AvgIpc) is 2.97. The monoisotopic (exact) mass is 589 g/mol. The van der Waals surface area contributed by atoms with Gasteiger partial charge in [0.1, 0.15) is 0 Å². The van der Waals surface area contributed by atoms with E-state index in [9.17, 15) is 0 Å². The summed E-state index contributed by atoms with van der Waals surface area (Å²) in [5, 5.41) is 1.56. The summed E-state index contributed by atoms with van der Waals surface area (Å²) in [4.78, 5) is 0. The van der Waals surface area contributed by atoms with Crippen molar-refractivity contribution >= 4 is 13.9 Å². The zero-order chi connectivity index (χ0) is 29.8. The minimum Gasteiger partial charge on any atom is -0.353 e. The first-order chi connectivity index (χ1) is 20.1. The number of aryl methyl sites for hydroxylation is 1. The Morgan fingerprint density at radius 2 is 1.10 bits per heavy atom. The van der Waals surface area contributed by atoms with Crippen LogP contribution in [0.3, 0.4) is 0 Å². The fourth-order valence-corrected chi connectivity index (χ4v) is 6.64. The summed E-state index contributed by atoms with van der Waals surface area (Å²) in [5.41, 5.74) is 4.40. The first kappa shape index (κ1) is 38.3. The predicted octanol–water partition coefficient (Wildman–Crippen LogP) is 12.1. The van der Waals surface area contributed by atoms with Gasteiger partial charge in [0.2, 0.25) is 0 Å². The van der Waals surface area contributed by atoms with Crippen molar-refractivity contribution in [2.45, 2.75) is 176 Å². The van der Waals surface area contributed by atoms with Gasteiger partial charge in [0.25, 0.3) is 0 Å². The van der Waals surface area contributed by atoms with Crippen LogP contribution in [0.5, 0.6) is 0 Å². The highest BCUT2D eigenvalue weighted by Gasteiger charge is 2.09. The van der Waals surface area contributed by atoms with Crippen LogP contribution in [-0.4, -0.2) is 25.7 Å². The zero-order valence-corrected chi connectivity index (χ0v) is 29.2. The molecule has 0 aliphatic carbocycles. The average molecular weight is 589 g/mol. The summed E-state index contributed by atoms with van der Waals surface area (Å²) >= 11 is 0. The Morgan fingerprint density at radius 1 is 0.585 bits per heavy atom. The Hall–Kier alpha value is -0.690. The molecule has 0 aliphatic rings. The standard InChI is InChI=1S/C38H69O2P/c1-6-8-10-12-17-21-25-31-39-38(40-32-26-22-18-13-11-9-7-2)28-24-20-16-14-15-19-23-27-33-41-37-30-29-34(3)35(4)36(37)5/h15,19,29-30,38,41H,6-14,16-18,20-28,31-33H2,1-5H3. The van der Waals surface area contributed by atoms with Gasteiger partial charge in [-0.1, -0.05) is 130 Å². The minimum absolute atomic E-state index is 0.00696. The number of rotatable bonds is 29. The maximum atomic E-state index is 6.23. The summed E-state index contributed by atoms with van der Waals surface area (Å²) in [6.45, 7) is 13.1. The number of ether oxygens (including phenoxy) is 2. The molecule has 0 fully saturated rings. The number of hydrogen-bond donors (Lipinski definition) is 0. The summed E-state index contributed by atoms with van der Waals surface area (Å²) in [7, 11) is 0.945. The molecule has 1 aromatic carbocycles. The van der Waals surface area contributed by atoms with Gasteiger partial charge in [-0.15, -0.1) is 0 Å². The molecular weight excluding hydrogens is 519 g/mol. The number of allylic oxidation sites excluding steroid dienone is 2. The van der Waals surface area contributed by atoms with E-state index >= 15 is 0 Å². The third kappa shape index (κ3) is 21.6. The second kappa shape index (κ2) is 28.1. The highest BCUT2D eigenvalue weighted by atomic mass is 31.1. The number of hydrogen-bond acceptors (Lipinski definition) is 2. The first-order valence-corrected chi connectivity index (χ1v) is 19.0. The Kier molecular flexibility index (Phi) is 26.3. The third-order valence-electron chi connectivity index (χ3n) is 8.50. The molecule has 41 heavy (non-hydrogen) atoms. The third-order valence-corrected chi connectivity index (χ3v) is 10.0. The van der Waals surface area contributed by atoms with Crippen LogP contribution in [0.2, 0.25) is 0 Å². The summed E-state index contributed by atoms with van der Waals surface area (Å²) in [6.07, 6.45) is 33.3. The molecule has 1 aromatic rings. The minimum atomic E-state index is 0.00696. The lowest BCUT2D eigenvalue weighted by atomic mass is 10.1. The van der Waals surface area contributed by atoms with Crippen molar-refractivity contribution in [2.24, 2.45) is 0 Å². The van der Waals surface area contributed by atoms with Gasteiger partial charge in [0.15, 0.2) is 6.29 Å². The largest absolute Gasteiger partial charge is 0.353 e. The lowest BCUT2D eigenvalue weighted by molar-refractivity contribution is -0.148. The van der Waals surface area contributed by atoms with Gasteiger partial charge in [-0.05, 0) is 100 Å². The summed E-state index contributed by atoms with van der Waals surface area (Å²) < 4.78 is 12.5. The van der Waals surface area contributed by atoms with Crippen LogP contribution < -0.4 is 5.30 Å².